The highest BCUT2D eigenvalue weighted by Crippen LogP contribution is 2.28. The van der Waals surface area contributed by atoms with Gasteiger partial charge in [0.2, 0.25) is 0 Å². The van der Waals surface area contributed by atoms with Crippen LogP contribution in [0.1, 0.15) is 46.2 Å². The first-order chi connectivity index (χ1) is 9.81. The van der Waals surface area contributed by atoms with Crippen LogP contribution in [0.25, 0.3) is 0 Å². The van der Waals surface area contributed by atoms with Gasteiger partial charge in [-0.3, -0.25) is 4.98 Å². The van der Waals surface area contributed by atoms with Crippen molar-refractivity contribution in [2.45, 2.75) is 58.2 Å². The molecule has 4 nitrogen and oxygen atoms in total. The summed E-state index contributed by atoms with van der Waals surface area (Å²) in [7, 11) is 1.81. The number of ether oxygens (including phenoxy) is 1. The summed E-state index contributed by atoms with van der Waals surface area (Å²) < 4.78 is 5.68. The van der Waals surface area contributed by atoms with E-state index in [2.05, 4.69) is 55.0 Å². The van der Waals surface area contributed by atoms with E-state index >= 15 is 0 Å². The van der Waals surface area contributed by atoms with Gasteiger partial charge in [-0.25, -0.2) is 0 Å². The highest BCUT2D eigenvalue weighted by atomic mass is 16.5. The summed E-state index contributed by atoms with van der Waals surface area (Å²) >= 11 is 0. The number of piperidine rings is 1. The lowest BCUT2D eigenvalue weighted by atomic mass is 9.94. The second-order valence-corrected chi connectivity index (χ2v) is 7.29. The molecule has 4 heteroatoms. The maximum atomic E-state index is 5.68. The summed E-state index contributed by atoms with van der Waals surface area (Å²) in [4.78, 5) is 6.89. The molecule has 1 aliphatic rings. The summed E-state index contributed by atoms with van der Waals surface area (Å²) in [6, 6.07) is 4.29. The van der Waals surface area contributed by atoms with Crippen molar-refractivity contribution in [3.05, 3.63) is 24.0 Å². The van der Waals surface area contributed by atoms with E-state index < -0.39 is 0 Å². The van der Waals surface area contributed by atoms with Crippen molar-refractivity contribution in [1.82, 2.24) is 10.3 Å². The van der Waals surface area contributed by atoms with Gasteiger partial charge in [0, 0.05) is 44.2 Å². The van der Waals surface area contributed by atoms with Crippen molar-refractivity contribution in [2.75, 3.05) is 25.1 Å². The Kier molecular flexibility index (Phi) is 4.89. The summed E-state index contributed by atoms with van der Waals surface area (Å²) in [6.45, 7) is 11.5. The van der Waals surface area contributed by atoms with Gasteiger partial charge in [-0.1, -0.05) is 0 Å². The minimum atomic E-state index is -0.0364. The molecule has 1 atom stereocenters. The molecule has 1 unspecified atom stereocenters. The molecule has 0 aromatic carbocycles. The van der Waals surface area contributed by atoms with E-state index in [4.69, 9.17) is 4.74 Å². The zero-order valence-electron chi connectivity index (χ0n) is 14.1. The van der Waals surface area contributed by atoms with Crippen LogP contribution in [-0.4, -0.2) is 36.3 Å². The quantitative estimate of drug-likeness (QED) is 0.925. The van der Waals surface area contributed by atoms with Crippen LogP contribution < -0.4 is 10.2 Å². The zero-order chi connectivity index (χ0) is 15.5. The molecule has 2 rings (SSSR count). The number of anilines is 1. The third kappa shape index (κ3) is 4.68. The largest absolute Gasteiger partial charge is 0.377 e. The molecule has 1 aromatic heterocycles. The van der Waals surface area contributed by atoms with E-state index in [1.165, 1.54) is 12.1 Å². The summed E-state index contributed by atoms with van der Waals surface area (Å²) in [5, 5.41) is 3.49. The molecule has 0 saturated carbocycles. The number of nitrogens with zero attached hydrogens (tertiary/aromatic N) is 2. The van der Waals surface area contributed by atoms with Gasteiger partial charge in [0.05, 0.1) is 11.3 Å². The SMILES string of the molecule is COC1(C)CCCN(c2ccnc(CNC(C)(C)C)c2)C1. The molecule has 0 aliphatic carbocycles. The Hall–Kier alpha value is -1.13. The Morgan fingerprint density at radius 3 is 2.86 bits per heavy atom. The molecule has 1 saturated heterocycles. The molecule has 1 aromatic rings. The standard InChI is InChI=1S/C17H29N3O/c1-16(2,3)19-12-14-11-15(7-9-18-14)20-10-6-8-17(4,13-20)21-5/h7,9,11,19H,6,8,10,12-13H2,1-5H3. The number of rotatable bonds is 4. The van der Waals surface area contributed by atoms with Gasteiger partial charge in [-0.2, -0.15) is 0 Å². The molecule has 0 amide bonds. The van der Waals surface area contributed by atoms with Gasteiger partial charge >= 0.3 is 0 Å². The van der Waals surface area contributed by atoms with Gasteiger partial charge in [0.1, 0.15) is 0 Å². The van der Waals surface area contributed by atoms with Gasteiger partial charge in [-0.15, -0.1) is 0 Å². The van der Waals surface area contributed by atoms with Crippen LogP contribution in [0.2, 0.25) is 0 Å². The average molecular weight is 291 g/mol. The Labute approximate surface area is 128 Å². The van der Waals surface area contributed by atoms with E-state index in [1.54, 1.807) is 0 Å². The fourth-order valence-corrected chi connectivity index (χ4v) is 2.71. The third-order valence-electron chi connectivity index (χ3n) is 4.12. The monoisotopic (exact) mass is 291 g/mol. The molecular formula is C17H29N3O. The smallest absolute Gasteiger partial charge is 0.0825 e. The molecule has 1 fully saturated rings. The number of methoxy groups -OCH3 is 1. The van der Waals surface area contributed by atoms with E-state index in [0.29, 0.717) is 0 Å². The Balaban J connectivity index is 2.06. The van der Waals surface area contributed by atoms with Crippen molar-refractivity contribution < 1.29 is 4.74 Å². The Morgan fingerprint density at radius 1 is 1.43 bits per heavy atom. The lowest BCUT2D eigenvalue weighted by Gasteiger charge is -2.40. The van der Waals surface area contributed by atoms with Crippen molar-refractivity contribution in [3.8, 4) is 0 Å². The number of nitrogens with one attached hydrogen (secondary N) is 1. The first-order valence-corrected chi connectivity index (χ1v) is 7.81. The predicted molar refractivity (Wildman–Crippen MR) is 87.7 cm³/mol. The fourth-order valence-electron chi connectivity index (χ4n) is 2.71. The van der Waals surface area contributed by atoms with Gasteiger partial charge in [-0.05, 0) is 52.7 Å². The molecule has 0 radical (unpaired) electrons. The second kappa shape index (κ2) is 6.32. The highest BCUT2D eigenvalue weighted by molar-refractivity contribution is 5.47. The molecular weight excluding hydrogens is 262 g/mol. The molecule has 0 bridgehead atoms. The maximum Gasteiger partial charge on any atom is 0.0825 e. The zero-order valence-corrected chi connectivity index (χ0v) is 14.1. The van der Waals surface area contributed by atoms with Crippen LogP contribution in [0, 0.1) is 0 Å². The van der Waals surface area contributed by atoms with Crippen LogP contribution in [0.3, 0.4) is 0 Å². The van der Waals surface area contributed by atoms with E-state index in [1.807, 2.05) is 13.3 Å². The fraction of sp³-hybridized carbons (Fsp3) is 0.706. The van der Waals surface area contributed by atoms with Crippen molar-refractivity contribution in [1.29, 1.82) is 0 Å². The van der Waals surface area contributed by atoms with Crippen LogP contribution in [-0.2, 0) is 11.3 Å². The molecule has 118 valence electrons. The lowest BCUT2D eigenvalue weighted by Crippen LogP contribution is -2.47. The van der Waals surface area contributed by atoms with Crippen LogP contribution in [0.15, 0.2) is 18.3 Å². The molecule has 0 spiro atoms. The summed E-state index contributed by atoms with van der Waals surface area (Å²) in [6.07, 6.45) is 4.21. The van der Waals surface area contributed by atoms with E-state index in [-0.39, 0.29) is 11.1 Å². The van der Waals surface area contributed by atoms with E-state index in [9.17, 15) is 0 Å². The maximum absolute atomic E-state index is 5.68. The minimum absolute atomic E-state index is 0.0364. The van der Waals surface area contributed by atoms with Crippen LogP contribution in [0.5, 0.6) is 0 Å². The van der Waals surface area contributed by atoms with Crippen molar-refractivity contribution in [3.63, 3.8) is 0 Å². The topological polar surface area (TPSA) is 37.4 Å². The Bertz CT molecular complexity index is 469. The van der Waals surface area contributed by atoms with Crippen LogP contribution in [0.4, 0.5) is 5.69 Å². The van der Waals surface area contributed by atoms with Crippen molar-refractivity contribution >= 4 is 5.69 Å². The van der Waals surface area contributed by atoms with Crippen molar-refractivity contribution in [2.24, 2.45) is 0 Å². The molecule has 1 N–H and O–H groups in total. The normalized spacial score (nSPS) is 23.4. The average Bonchev–Trinajstić information content (AvgIpc) is 2.45. The Morgan fingerprint density at radius 2 is 2.19 bits per heavy atom. The number of hydrogen-bond donors (Lipinski definition) is 1. The first kappa shape index (κ1) is 16.2. The first-order valence-electron chi connectivity index (χ1n) is 7.81. The summed E-state index contributed by atoms with van der Waals surface area (Å²) in [5.41, 5.74) is 2.41. The minimum Gasteiger partial charge on any atom is -0.377 e. The second-order valence-electron chi connectivity index (χ2n) is 7.29. The number of aromatic nitrogens is 1. The van der Waals surface area contributed by atoms with Crippen LogP contribution >= 0.6 is 0 Å². The van der Waals surface area contributed by atoms with Gasteiger partial charge in [0.15, 0.2) is 0 Å². The molecule has 2 heterocycles. The van der Waals surface area contributed by atoms with Gasteiger partial charge < -0.3 is 15.0 Å². The summed E-state index contributed by atoms with van der Waals surface area (Å²) in [5.74, 6) is 0. The molecule has 1 aliphatic heterocycles. The third-order valence-corrected chi connectivity index (χ3v) is 4.12. The highest BCUT2D eigenvalue weighted by Gasteiger charge is 2.30. The molecule has 21 heavy (non-hydrogen) atoms. The van der Waals surface area contributed by atoms with E-state index in [0.717, 1.165) is 31.7 Å². The lowest BCUT2D eigenvalue weighted by molar-refractivity contribution is -0.00466. The predicted octanol–water partition coefficient (Wildman–Crippen LogP) is 2.98. The number of hydrogen-bond acceptors (Lipinski definition) is 4. The van der Waals surface area contributed by atoms with Gasteiger partial charge in [0.25, 0.3) is 0 Å². The number of pyridine rings is 1.